The van der Waals surface area contributed by atoms with Crippen LogP contribution in [0.25, 0.3) is 0 Å². The maximum atomic E-state index is 10.8. The zero-order valence-corrected chi connectivity index (χ0v) is 7.88. The third-order valence-corrected chi connectivity index (χ3v) is 2.24. The minimum atomic E-state index is 0.242. The van der Waals surface area contributed by atoms with E-state index in [9.17, 15) is 4.79 Å². The van der Waals surface area contributed by atoms with Crippen LogP contribution >= 0.6 is 0 Å². The van der Waals surface area contributed by atoms with E-state index in [2.05, 4.69) is 4.90 Å². The largest absolute Gasteiger partial charge is 0.380 e. The van der Waals surface area contributed by atoms with Crippen molar-refractivity contribution < 1.29 is 9.53 Å². The van der Waals surface area contributed by atoms with E-state index in [1.807, 2.05) is 0 Å². The third kappa shape index (κ3) is 2.91. The molecular formula is C9H17NO2. The Bertz CT molecular complexity index is 159. The van der Waals surface area contributed by atoms with Crippen molar-refractivity contribution in [1.82, 2.24) is 4.90 Å². The van der Waals surface area contributed by atoms with Crippen molar-refractivity contribution in [1.29, 1.82) is 0 Å². The summed E-state index contributed by atoms with van der Waals surface area (Å²) in [5.74, 6) is 0.242. The summed E-state index contributed by atoms with van der Waals surface area (Å²) in [5.41, 5.74) is 0. The quantitative estimate of drug-likeness (QED) is 0.625. The molecule has 1 aliphatic rings. The zero-order chi connectivity index (χ0) is 8.97. The molecule has 0 aromatic rings. The summed E-state index contributed by atoms with van der Waals surface area (Å²) in [4.78, 5) is 13.0. The van der Waals surface area contributed by atoms with Gasteiger partial charge < -0.3 is 4.74 Å². The minimum absolute atomic E-state index is 0.242. The van der Waals surface area contributed by atoms with Crippen LogP contribution in [0, 0.1) is 0 Å². The topological polar surface area (TPSA) is 29.5 Å². The summed E-state index contributed by atoms with van der Waals surface area (Å²) in [6.45, 7) is 4.17. The molecule has 3 heteroatoms. The molecular weight excluding hydrogens is 154 g/mol. The van der Waals surface area contributed by atoms with Crippen LogP contribution in [0.15, 0.2) is 0 Å². The summed E-state index contributed by atoms with van der Waals surface area (Å²) >= 11 is 0. The first-order valence-electron chi connectivity index (χ1n) is 4.47. The van der Waals surface area contributed by atoms with Gasteiger partial charge in [-0.05, 0) is 26.3 Å². The van der Waals surface area contributed by atoms with Crippen LogP contribution in [0.5, 0.6) is 0 Å². The van der Waals surface area contributed by atoms with Crippen molar-refractivity contribution in [3.63, 3.8) is 0 Å². The molecule has 1 atom stereocenters. The summed E-state index contributed by atoms with van der Waals surface area (Å²) in [6, 6.07) is 0. The predicted molar refractivity (Wildman–Crippen MR) is 47.2 cm³/mol. The molecule has 0 aromatic carbocycles. The van der Waals surface area contributed by atoms with Gasteiger partial charge in [-0.15, -0.1) is 0 Å². The molecule has 0 radical (unpaired) electrons. The lowest BCUT2D eigenvalue weighted by molar-refractivity contribution is -0.118. The first kappa shape index (κ1) is 9.68. The Balaban J connectivity index is 2.30. The number of nitrogens with zero attached hydrogens (tertiary/aromatic N) is 1. The van der Waals surface area contributed by atoms with Gasteiger partial charge in [-0.3, -0.25) is 9.69 Å². The number of piperidine rings is 1. The van der Waals surface area contributed by atoms with E-state index in [0.717, 1.165) is 25.9 Å². The van der Waals surface area contributed by atoms with Crippen molar-refractivity contribution in [2.45, 2.75) is 25.9 Å². The van der Waals surface area contributed by atoms with Gasteiger partial charge in [-0.2, -0.15) is 0 Å². The molecule has 1 saturated heterocycles. The molecule has 0 spiro atoms. The van der Waals surface area contributed by atoms with Crippen molar-refractivity contribution in [2.75, 3.05) is 26.7 Å². The predicted octanol–water partition coefficient (Wildman–Crippen LogP) is 0.686. The summed E-state index contributed by atoms with van der Waals surface area (Å²) in [7, 11) is 1.74. The van der Waals surface area contributed by atoms with E-state index in [4.69, 9.17) is 4.74 Å². The highest BCUT2D eigenvalue weighted by Gasteiger charge is 2.19. The molecule has 1 unspecified atom stereocenters. The van der Waals surface area contributed by atoms with Crippen LogP contribution in [-0.4, -0.2) is 43.5 Å². The summed E-state index contributed by atoms with van der Waals surface area (Å²) in [5, 5.41) is 0. The Morgan fingerprint density at radius 3 is 3.00 bits per heavy atom. The Morgan fingerprint density at radius 2 is 2.42 bits per heavy atom. The zero-order valence-electron chi connectivity index (χ0n) is 7.88. The molecule has 1 fully saturated rings. The number of methoxy groups -OCH3 is 1. The van der Waals surface area contributed by atoms with Gasteiger partial charge in [0, 0.05) is 13.7 Å². The van der Waals surface area contributed by atoms with Gasteiger partial charge in [0.1, 0.15) is 5.78 Å². The molecule has 3 nitrogen and oxygen atoms in total. The third-order valence-electron chi connectivity index (χ3n) is 2.24. The number of ketones is 1. The fourth-order valence-corrected chi connectivity index (χ4v) is 1.66. The van der Waals surface area contributed by atoms with E-state index in [-0.39, 0.29) is 5.78 Å². The fraction of sp³-hybridized carbons (Fsp3) is 0.889. The highest BCUT2D eigenvalue weighted by atomic mass is 16.5. The maximum Gasteiger partial charge on any atom is 0.143 e. The van der Waals surface area contributed by atoms with E-state index in [0.29, 0.717) is 12.6 Å². The van der Waals surface area contributed by atoms with Crippen LogP contribution in [0.4, 0.5) is 0 Å². The van der Waals surface area contributed by atoms with Crippen LogP contribution in [0.2, 0.25) is 0 Å². The molecule has 1 heterocycles. The van der Waals surface area contributed by atoms with Crippen molar-refractivity contribution >= 4 is 5.78 Å². The van der Waals surface area contributed by atoms with Gasteiger partial charge in [0.2, 0.25) is 0 Å². The molecule has 12 heavy (non-hydrogen) atoms. The fourth-order valence-electron chi connectivity index (χ4n) is 1.66. The van der Waals surface area contributed by atoms with Gasteiger partial charge in [-0.25, -0.2) is 0 Å². The lowest BCUT2D eigenvalue weighted by atomic mass is 10.1. The minimum Gasteiger partial charge on any atom is -0.380 e. The number of Topliss-reactive ketones (excluding diaryl/α,β-unsaturated/α-hetero) is 1. The van der Waals surface area contributed by atoms with E-state index < -0.39 is 0 Å². The Kier molecular flexibility index (Phi) is 3.69. The van der Waals surface area contributed by atoms with Gasteiger partial charge in [0.25, 0.3) is 0 Å². The van der Waals surface area contributed by atoms with Crippen molar-refractivity contribution in [3.05, 3.63) is 0 Å². The van der Waals surface area contributed by atoms with Crippen molar-refractivity contribution in [3.8, 4) is 0 Å². The summed E-state index contributed by atoms with van der Waals surface area (Å²) < 4.78 is 5.25. The average molecular weight is 171 g/mol. The first-order chi connectivity index (χ1) is 5.72. The molecule has 0 bridgehead atoms. The van der Waals surface area contributed by atoms with Crippen LogP contribution in [0.3, 0.4) is 0 Å². The second kappa shape index (κ2) is 4.58. The van der Waals surface area contributed by atoms with Gasteiger partial charge in [0.05, 0.1) is 12.6 Å². The second-order valence-electron chi connectivity index (χ2n) is 3.44. The van der Waals surface area contributed by atoms with Gasteiger partial charge in [-0.1, -0.05) is 0 Å². The van der Waals surface area contributed by atoms with Gasteiger partial charge >= 0.3 is 0 Å². The number of hydrogen-bond acceptors (Lipinski definition) is 3. The SMILES string of the molecule is COC1CCCN(CC(C)=O)C1. The van der Waals surface area contributed by atoms with Crippen LogP contribution in [-0.2, 0) is 9.53 Å². The highest BCUT2D eigenvalue weighted by molar-refractivity contribution is 5.77. The van der Waals surface area contributed by atoms with Gasteiger partial charge in [0.15, 0.2) is 0 Å². The molecule has 0 aliphatic carbocycles. The Hall–Kier alpha value is -0.410. The number of carbonyl (C=O) groups is 1. The Labute approximate surface area is 73.7 Å². The van der Waals surface area contributed by atoms with Crippen molar-refractivity contribution in [2.24, 2.45) is 0 Å². The molecule has 0 amide bonds. The van der Waals surface area contributed by atoms with Crippen LogP contribution in [0.1, 0.15) is 19.8 Å². The number of likely N-dealkylation sites (tertiary alicyclic amines) is 1. The monoisotopic (exact) mass is 171 g/mol. The number of hydrogen-bond donors (Lipinski definition) is 0. The second-order valence-corrected chi connectivity index (χ2v) is 3.44. The smallest absolute Gasteiger partial charge is 0.143 e. The van der Waals surface area contributed by atoms with Crippen LogP contribution < -0.4 is 0 Å². The number of carbonyl (C=O) groups excluding carboxylic acids is 1. The normalized spacial score (nSPS) is 25.7. The standard InChI is InChI=1S/C9H17NO2/c1-8(11)6-10-5-3-4-9(7-10)12-2/h9H,3-7H2,1-2H3. The summed E-state index contributed by atoms with van der Waals surface area (Å²) in [6.07, 6.45) is 2.61. The molecule has 70 valence electrons. The molecule has 0 N–H and O–H groups in total. The van der Waals surface area contributed by atoms with E-state index in [1.54, 1.807) is 14.0 Å². The molecule has 0 saturated carbocycles. The molecule has 1 rings (SSSR count). The molecule has 0 aromatic heterocycles. The number of rotatable bonds is 3. The maximum absolute atomic E-state index is 10.8. The average Bonchev–Trinajstić information content (AvgIpc) is 2.03. The van der Waals surface area contributed by atoms with E-state index in [1.165, 1.54) is 0 Å². The highest BCUT2D eigenvalue weighted by Crippen LogP contribution is 2.11. The number of ether oxygens (including phenoxy) is 1. The Morgan fingerprint density at radius 1 is 1.67 bits per heavy atom. The lowest BCUT2D eigenvalue weighted by Crippen LogP contribution is -2.41. The van der Waals surface area contributed by atoms with E-state index >= 15 is 0 Å². The lowest BCUT2D eigenvalue weighted by Gasteiger charge is -2.30. The first-order valence-corrected chi connectivity index (χ1v) is 4.47. The molecule has 1 aliphatic heterocycles.